The van der Waals surface area contributed by atoms with E-state index in [1.807, 2.05) is 0 Å². The van der Waals surface area contributed by atoms with Crippen molar-refractivity contribution in [1.29, 1.82) is 0 Å². The molecule has 1 fully saturated rings. The fraction of sp³-hybridized carbons (Fsp3) is 0.254. The molecule has 4 heterocycles. The Balaban J connectivity index is 1.22. The Kier molecular flexibility index (Phi) is 8.76. The Morgan fingerprint density at radius 3 is 1.68 bits per heavy atom. The molecule has 0 spiro atoms. The first-order chi connectivity index (χ1) is 34.2. The van der Waals surface area contributed by atoms with E-state index in [-0.39, 0.29) is 28.5 Å². The second-order valence-electron chi connectivity index (χ2n) is 24.0. The van der Waals surface area contributed by atoms with Crippen molar-refractivity contribution in [2.45, 2.75) is 108 Å². The number of nitrogens with zero attached hydrogens (tertiary/aromatic N) is 3. The maximum absolute atomic E-state index is 2.92. The predicted octanol–water partition coefficient (Wildman–Crippen LogP) is 14.9. The molecule has 1 aromatic heterocycles. The summed E-state index contributed by atoms with van der Waals surface area (Å²) in [5, 5.41) is 1.35. The van der Waals surface area contributed by atoms with Crippen molar-refractivity contribution in [3.05, 3.63) is 221 Å². The molecule has 3 nitrogen and oxygen atoms in total. The summed E-state index contributed by atoms with van der Waals surface area (Å²) in [5.41, 5.74) is 24.7. The predicted molar refractivity (Wildman–Crippen MR) is 300 cm³/mol. The molecule has 71 heavy (non-hydrogen) atoms. The Morgan fingerprint density at radius 2 is 1.06 bits per heavy atom. The fourth-order valence-electron chi connectivity index (χ4n) is 14.6. The summed E-state index contributed by atoms with van der Waals surface area (Å²) >= 11 is 0. The Bertz CT molecular complexity index is 3570. The summed E-state index contributed by atoms with van der Waals surface area (Å²) in [6.07, 6.45) is 4.81. The minimum atomic E-state index is -0.578. The molecule has 1 saturated carbocycles. The lowest BCUT2D eigenvalue weighted by Gasteiger charge is -2.52. The molecule has 0 bridgehead atoms. The zero-order valence-electron chi connectivity index (χ0n) is 42.6. The number of fused-ring (bicyclic) bond motifs is 12. The third kappa shape index (κ3) is 5.52. The van der Waals surface area contributed by atoms with Gasteiger partial charge in [0.25, 0.3) is 6.71 Å². The summed E-state index contributed by atoms with van der Waals surface area (Å²) in [4.78, 5) is 5.43. The zero-order chi connectivity index (χ0) is 48.4. The molecule has 348 valence electrons. The third-order valence-electron chi connectivity index (χ3n) is 18.2. The van der Waals surface area contributed by atoms with Crippen LogP contribution in [0.5, 0.6) is 0 Å². The smallest absolute Gasteiger partial charge is 0.252 e. The second-order valence-corrected chi connectivity index (χ2v) is 24.0. The van der Waals surface area contributed by atoms with Crippen molar-refractivity contribution in [3.8, 4) is 16.9 Å². The quantitative estimate of drug-likeness (QED) is 0.159. The lowest BCUT2D eigenvalue weighted by molar-refractivity contribution is 0.195. The molecule has 4 heteroatoms. The normalized spacial score (nSPS) is 19.8. The van der Waals surface area contributed by atoms with Gasteiger partial charge in [0.15, 0.2) is 0 Å². The topological polar surface area (TPSA) is 11.4 Å². The van der Waals surface area contributed by atoms with Crippen LogP contribution in [0.2, 0.25) is 0 Å². The van der Waals surface area contributed by atoms with E-state index >= 15 is 0 Å². The molecule has 0 amide bonds. The molecule has 3 aliphatic heterocycles. The molecular weight excluding hydrogens is 858 g/mol. The molecule has 5 aliphatic rings. The van der Waals surface area contributed by atoms with Crippen LogP contribution in [0, 0.1) is 0 Å². The van der Waals surface area contributed by atoms with Gasteiger partial charge in [-0.25, -0.2) is 0 Å². The van der Waals surface area contributed by atoms with Crippen LogP contribution in [-0.2, 0) is 21.7 Å². The molecule has 2 aliphatic carbocycles. The van der Waals surface area contributed by atoms with Gasteiger partial charge in [-0.2, -0.15) is 0 Å². The van der Waals surface area contributed by atoms with E-state index in [4.69, 9.17) is 0 Å². The maximum atomic E-state index is 2.92. The highest BCUT2D eigenvalue weighted by Gasteiger charge is 2.62. The van der Waals surface area contributed by atoms with Crippen LogP contribution in [0.4, 0.5) is 28.4 Å². The minimum absolute atomic E-state index is 0.0148. The van der Waals surface area contributed by atoms with Gasteiger partial charge in [0.1, 0.15) is 0 Å². The molecule has 2 atom stereocenters. The highest BCUT2D eigenvalue weighted by Crippen LogP contribution is 2.64. The lowest BCUT2D eigenvalue weighted by atomic mass is 9.33. The maximum Gasteiger partial charge on any atom is 0.252 e. The van der Waals surface area contributed by atoms with Gasteiger partial charge in [-0.3, -0.25) is 0 Å². The molecule has 0 N–H and O–H groups in total. The van der Waals surface area contributed by atoms with Crippen molar-refractivity contribution in [1.82, 2.24) is 4.57 Å². The van der Waals surface area contributed by atoms with Gasteiger partial charge in [0, 0.05) is 55.9 Å². The second kappa shape index (κ2) is 14.5. The first-order valence-electron chi connectivity index (χ1n) is 26.3. The van der Waals surface area contributed by atoms with Crippen LogP contribution in [0.25, 0.3) is 27.8 Å². The molecule has 0 saturated heterocycles. The number of para-hydroxylation sites is 2. The van der Waals surface area contributed by atoms with Gasteiger partial charge in [-0.05, 0) is 123 Å². The van der Waals surface area contributed by atoms with E-state index < -0.39 is 5.41 Å². The van der Waals surface area contributed by atoms with E-state index in [9.17, 15) is 0 Å². The molecule has 0 radical (unpaired) electrons. The van der Waals surface area contributed by atoms with Crippen molar-refractivity contribution in [2.75, 3.05) is 9.80 Å². The monoisotopic (exact) mass is 920 g/mol. The lowest BCUT2D eigenvalue weighted by Crippen LogP contribution is -2.64. The average Bonchev–Trinajstić information content (AvgIpc) is 3.95. The summed E-state index contributed by atoms with van der Waals surface area (Å²) in [6.45, 7) is 19.8. The number of benzene rings is 8. The first-order valence-corrected chi connectivity index (χ1v) is 26.3. The molecular formula is C67H62BN3. The van der Waals surface area contributed by atoms with E-state index in [0.29, 0.717) is 0 Å². The van der Waals surface area contributed by atoms with E-state index in [1.165, 1.54) is 114 Å². The Hall–Kier alpha value is -7.04. The summed E-state index contributed by atoms with van der Waals surface area (Å²) < 4.78 is 2.78. The molecule has 8 aromatic carbocycles. The third-order valence-corrected chi connectivity index (χ3v) is 18.2. The fourth-order valence-corrected chi connectivity index (χ4v) is 14.6. The van der Waals surface area contributed by atoms with Crippen LogP contribution in [-0.4, -0.2) is 16.8 Å². The number of aromatic nitrogens is 1. The summed E-state index contributed by atoms with van der Waals surface area (Å²) in [6, 6.07) is 70.1. The molecule has 14 rings (SSSR count). The van der Waals surface area contributed by atoms with E-state index in [2.05, 4.69) is 252 Å². The zero-order valence-corrected chi connectivity index (χ0v) is 42.6. The van der Waals surface area contributed by atoms with E-state index in [0.717, 1.165) is 17.8 Å². The highest BCUT2D eigenvalue weighted by atomic mass is 15.3. The Labute approximate surface area is 420 Å². The van der Waals surface area contributed by atoms with Crippen molar-refractivity contribution in [2.24, 2.45) is 0 Å². The van der Waals surface area contributed by atoms with Crippen molar-refractivity contribution in [3.63, 3.8) is 0 Å². The molecule has 2 unspecified atom stereocenters. The van der Waals surface area contributed by atoms with Crippen LogP contribution < -0.4 is 26.2 Å². The van der Waals surface area contributed by atoms with Gasteiger partial charge in [-0.1, -0.05) is 201 Å². The van der Waals surface area contributed by atoms with Gasteiger partial charge >= 0.3 is 0 Å². The summed E-state index contributed by atoms with van der Waals surface area (Å²) in [7, 11) is 0. The number of anilines is 5. The van der Waals surface area contributed by atoms with Gasteiger partial charge in [-0.15, -0.1) is 0 Å². The molecule has 9 aromatic rings. The van der Waals surface area contributed by atoms with Crippen LogP contribution in [0.3, 0.4) is 0 Å². The first kappa shape index (κ1) is 42.8. The van der Waals surface area contributed by atoms with E-state index in [1.54, 1.807) is 5.56 Å². The van der Waals surface area contributed by atoms with Crippen molar-refractivity contribution < 1.29 is 0 Å². The Morgan fingerprint density at radius 1 is 0.521 bits per heavy atom. The van der Waals surface area contributed by atoms with Gasteiger partial charge < -0.3 is 14.4 Å². The van der Waals surface area contributed by atoms with Crippen molar-refractivity contribution >= 4 is 62.4 Å². The largest absolute Gasteiger partial charge is 0.335 e. The van der Waals surface area contributed by atoms with Crippen LogP contribution in [0.1, 0.15) is 120 Å². The summed E-state index contributed by atoms with van der Waals surface area (Å²) in [5.74, 6) is 0. The highest BCUT2D eigenvalue weighted by molar-refractivity contribution is 7.00. The van der Waals surface area contributed by atoms with Gasteiger partial charge in [0.05, 0.1) is 22.3 Å². The number of rotatable bonds is 5. The SMILES string of the molecule is CC(C)(C)c1cc2c3c(c1)C1(C)CCCCC1(C)N3c1cc(N(c3ccccc3)c3ccccc3)cc3c1B2c1cc(C(C)(C)C)cc2c4c(n-3c12)-c1ccccc1C4(c1ccccc1)c1ccccc1. The minimum Gasteiger partial charge on any atom is -0.335 e. The average molecular weight is 920 g/mol. The van der Waals surface area contributed by atoms with Crippen LogP contribution in [0.15, 0.2) is 182 Å². The van der Waals surface area contributed by atoms with Crippen LogP contribution >= 0.6 is 0 Å². The van der Waals surface area contributed by atoms with Gasteiger partial charge in [0.2, 0.25) is 0 Å². The number of hydrogen-bond acceptors (Lipinski definition) is 2. The standard InChI is InChI=1S/C67H62BN3/c1-63(2,3)45-37-51-58-61(50-33-21-22-34-52(50)67(58,43-25-13-9-14-26-43)44-27-15-10-16-28-44)70-56-41-49(69(47-29-17-11-18-30-47)48-31-19-12-20-32-48)42-57-59(56)68(54(39-45)60(51)70)55-40-46(64(4,5)6)38-53-62(55)71(57)66(8)36-24-23-35-65(53,66)7/h9-22,25-34,37-42H,23-24,35-36H2,1-8H3. The number of hydrogen-bond donors (Lipinski definition) is 0.